The number of rotatable bonds is 6. The molecule has 0 aliphatic carbocycles. The van der Waals surface area contributed by atoms with Crippen molar-refractivity contribution in [1.29, 1.82) is 0 Å². The summed E-state index contributed by atoms with van der Waals surface area (Å²) in [6, 6.07) is 12.4. The summed E-state index contributed by atoms with van der Waals surface area (Å²) >= 11 is 3.26. The first-order valence-corrected chi connectivity index (χ1v) is 9.52. The van der Waals surface area contributed by atoms with Gasteiger partial charge >= 0.3 is 0 Å². The smallest absolute Gasteiger partial charge is 0.241 e. The van der Waals surface area contributed by atoms with Crippen molar-refractivity contribution in [2.75, 3.05) is 6.54 Å². The molecular formula is C16H15BrN4O2S. The molecule has 24 heavy (non-hydrogen) atoms. The SMILES string of the molecule is O=S(=O)(NCCn1ccc(-c2ccncc2)n1)c1ccccc1Br. The number of nitrogens with zero attached hydrogens (tertiary/aromatic N) is 3. The molecule has 2 heterocycles. The maximum atomic E-state index is 12.3. The van der Waals surface area contributed by atoms with E-state index in [1.54, 1.807) is 41.3 Å². The Bertz CT molecular complexity index is 926. The van der Waals surface area contributed by atoms with E-state index < -0.39 is 10.0 Å². The third-order valence-corrected chi connectivity index (χ3v) is 5.85. The van der Waals surface area contributed by atoms with Crippen molar-refractivity contribution in [3.05, 3.63) is 65.5 Å². The highest BCUT2D eigenvalue weighted by atomic mass is 79.9. The van der Waals surface area contributed by atoms with E-state index in [0.717, 1.165) is 11.3 Å². The topological polar surface area (TPSA) is 76.9 Å². The highest BCUT2D eigenvalue weighted by Crippen LogP contribution is 2.20. The lowest BCUT2D eigenvalue weighted by atomic mass is 10.2. The quantitative estimate of drug-likeness (QED) is 0.682. The van der Waals surface area contributed by atoms with Crippen LogP contribution >= 0.6 is 15.9 Å². The third-order valence-electron chi connectivity index (χ3n) is 3.38. The van der Waals surface area contributed by atoms with Gasteiger partial charge in [0.25, 0.3) is 0 Å². The standard InChI is InChI=1S/C16H15BrN4O2S/c17-14-3-1-2-4-16(14)24(22,23)19-10-12-21-11-7-15(20-21)13-5-8-18-9-6-13/h1-9,11,19H,10,12H2. The molecule has 0 spiro atoms. The highest BCUT2D eigenvalue weighted by molar-refractivity contribution is 9.10. The normalized spacial score (nSPS) is 11.5. The van der Waals surface area contributed by atoms with Gasteiger partial charge in [0.05, 0.1) is 17.1 Å². The van der Waals surface area contributed by atoms with Crippen LogP contribution < -0.4 is 4.72 Å². The van der Waals surface area contributed by atoms with Crippen LogP contribution in [0.2, 0.25) is 0 Å². The molecule has 0 aliphatic rings. The molecular weight excluding hydrogens is 392 g/mol. The zero-order valence-corrected chi connectivity index (χ0v) is 15.0. The number of aromatic nitrogens is 3. The van der Waals surface area contributed by atoms with Crippen LogP contribution in [0, 0.1) is 0 Å². The van der Waals surface area contributed by atoms with Crippen LogP contribution in [0.4, 0.5) is 0 Å². The van der Waals surface area contributed by atoms with Crippen LogP contribution in [0.15, 0.2) is 70.4 Å². The van der Waals surface area contributed by atoms with Crippen LogP contribution in [-0.2, 0) is 16.6 Å². The minimum absolute atomic E-state index is 0.225. The molecule has 0 amide bonds. The van der Waals surface area contributed by atoms with E-state index in [2.05, 4.69) is 30.7 Å². The minimum atomic E-state index is -3.55. The first-order chi connectivity index (χ1) is 11.6. The van der Waals surface area contributed by atoms with Gasteiger partial charge in [-0.3, -0.25) is 9.67 Å². The molecule has 1 N–H and O–H groups in total. The van der Waals surface area contributed by atoms with E-state index in [4.69, 9.17) is 0 Å². The van der Waals surface area contributed by atoms with Gasteiger partial charge in [-0.15, -0.1) is 0 Å². The summed E-state index contributed by atoms with van der Waals surface area (Å²) in [4.78, 5) is 4.20. The molecule has 0 bridgehead atoms. The van der Waals surface area contributed by atoms with Gasteiger partial charge in [-0.1, -0.05) is 12.1 Å². The van der Waals surface area contributed by atoms with Crippen LogP contribution in [-0.4, -0.2) is 29.7 Å². The zero-order chi connectivity index (χ0) is 17.0. The van der Waals surface area contributed by atoms with E-state index in [-0.39, 0.29) is 11.4 Å². The second-order valence-electron chi connectivity index (χ2n) is 5.03. The molecule has 0 unspecified atom stereocenters. The number of hydrogen-bond acceptors (Lipinski definition) is 4. The Morgan fingerprint density at radius 3 is 2.58 bits per heavy atom. The monoisotopic (exact) mass is 406 g/mol. The first-order valence-electron chi connectivity index (χ1n) is 7.24. The van der Waals surface area contributed by atoms with Crippen LogP contribution in [0.3, 0.4) is 0 Å². The van der Waals surface area contributed by atoms with E-state index in [1.165, 1.54) is 0 Å². The van der Waals surface area contributed by atoms with Crippen molar-refractivity contribution in [2.45, 2.75) is 11.4 Å². The van der Waals surface area contributed by atoms with Crippen LogP contribution in [0.5, 0.6) is 0 Å². The summed E-state index contributed by atoms with van der Waals surface area (Å²) in [5.41, 5.74) is 1.80. The number of pyridine rings is 1. The van der Waals surface area contributed by atoms with Crippen LogP contribution in [0.1, 0.15) is 0 Å². The van der Waals surface area contributed by atoms with Crippen molar-refractivity contribution in [3.63, 3.8) is 0 Å². The van der Waals surface area contributed by atoms with Gasteiger partial charge in [-0.25, -0.2) is 13.1 Å². The fourth-order valence-electron chi connectivity index (χ4n) is 2.20. The Labute approximate surface area is 148 Å². The fraction of sp³-hybridized carbons (Fsp3) is 0.125. The number of nitrogens with one attached hydrogen (secondary N) is 1. The van der Waals surface area contributed by atoms with E-state index in [9.17, 15) is 8.42 Å². The molecule has 2 aromatic heterocycles. The van der Waals surface area contributed by atoms with Gasteiger partial charge in [0, 0.05) is 35.2 Å². The van der Waals surface area contributed by atoms with Crippen molar-refractivity contribution in [2.24, 2.45) is 0 Å². The summed E-state index contributed by atoms with van der Waals surface area (Å²) in [6.45, 7) is 0.690. The zero-order valence-electron chi connectivity index (χ0n) is 12.6. The van der Waals surface area contributed by atoms with Crippen molar-refractivity contribution in [3.8, 4) is 11.3 Å². The van der Waals surface area contributed by atoms with Crippen LogP contribution in [0.25, 0.3) is 11.3 Å². The van der Waals surface area contributed by atoms with Gasteiger partial charge in [0.15, 0.2) is 0 Å². The maximum Gasteiger partial charge on any atom is 0.241 e. The minimum Gasteiger partial charge on any atom is -0.271 e. The molecule has 0 radical (unpaired) electrons. The Hall–Kier alpha value is -2.03. The summed E-state index contributed by atoms with van der Waals surface area (Å²) in [6.07, 6.45) is 5.24. The number of hydrogen-bond donors (Lipinski definition) is 1. The molecule has 124 valence electrons. The number of benzene rings is 1. The average molecular weight is 407 g/mol. The molecule has 6 nitrogen and oxygen atoms in total. The van der Waals surface area contributed by atoms with Gasteiger partial charge in [0.2, 0.25) is 10.0 Å². The predicted molar refractivity (Wildman–Crippen MR) is 94.8 cm³/mol. The lowest BCUT2D eigenvalue weighted by Gasteiger charge is -2.08. The molecule has 0 fully saturated rings. The van der Waals surface area contributed by atoms with Gasteiger partial charge in [-0.05, 0) is 46.3 Å². The molecule has 1 aromatic carbocycles. The Kier molecular flexibility index (Phi) is 5.08. The van der Waals surface area contributed by atoms with Gasteiger partial charge in [-0.2, -0.15) is 5.10 Å². The lowest BCUT2D eigenvalue weighted by Crippen LogP contribution is -2.27. The second kappa shape index (κ2) is 7.25. The van der Waals surface area contributed by atoms with Crippen molar-refractivity contribution >= 4 is 26.0 Å². The van der Waals surface area contributed by atoms with E-state index >= 15 is 0 Å². The van der Waals surface area contributed by atoms with Gasteiger partial charge in [0.1, 0.15) is 0 Å². The summed E-state index contributed by atoms with van der Waals surface area (Å²) in [5, 5.41) is 4.44. The Balaban J connectivity index is 1.63. The lowest BCUT2D eigenvalue weighted by molar-refractivity contribution is 0.561. The molecule has 8 heteroatoms. The Morgan fingerprint density at radius 1 is 1.08 bits per heavy atom. The highest BCUT2D eigenvalue weighted by Gasteiger charge is 2.16. The molecule has 0 saturated heterocycles. The second-order valence-corrected chi connectivity index (χ2v) is 7.62. The molecule has 0 aliphatic heterocycles. The third kappa shape index (κ3) is 3.89. The van der Waals surface area contributed by atoms with Crippen molar-refractivity contribution in [1.82, 2.24) is 19.5 Å². The molecule has 3 aromatic rings. The Morgan fingerprint density at radius 2 is 1.83 bits per heavy atom. The maximum absolute atomic E-state index is 12.3. The predicted octanol–water partition coefficient (Wildman–Crippen LogP) is 2.69. The average Bonchev–Trinajstić information content (AvgIpc) is 3.05. The van der Waals surface area contributed by atoms with E-state index in [0.29, 0.717) is 11.0 Å². The fourth-order valence-corrected chi connectivity index (χ4v) is 4.22. The molecule has 3 rings (SSSR count). The summed E-state index contributed by atoms with van der Waals surface area (Å²) < 4.78 is 29.4. The number of sulfonamides is 1. The molecule has 0 saturated carbocycles. The number of halogens is 1. The van der Waals surface area contributed by atoms with E-state index in [1.807, 2.05) is 24.4 Å². The largest absolute Gasteiger partial charge is 0.271 e. The van der Waals surface area contributed by atoms with Gasteiger partial charge < -0.3 is 0 Å². The molecule has 0 atom stereocenters. The first kappa shape index (κ1) is 16.8. The van der Waals surface area contributed by atoms with Crippen molar-refractivity contribution < 1.29 is 8.42 Å². The summed E-state index contributed by atoms with van der Waals surface area (Å²) in [5.74, 6) is 0. The summed E-state index contributed by atoms with van der Waals surface area (Å²) in [7, 11) is -3.55.